The Hall–Kier alpha value is -4.50. The normalized spacial score (nSPS) is 13.6. The Morgan fingerprint density at radius 2 is 1.69 bits per heavy atom. The van der Waals surface area contributed by atoms with Crippen LogP contribution in [0.1, 0.15) is 21.6 Å². The van der Waals surface area contributed by atoms with E-state index in [-0.39, 0.29) is 17.4 Å². The molecule has 0 unspecified atom stereocenters. The van der Waals surface area contributed by atoms with Gasteiger partial charge in [0.15, 0.2) is 0 Å². The second kappa shape index (κ2) is 10.4. The Morgan fingerprint density at radius 3 is 2.33 bits per heavy atom. The molecule has 1 aromatic heterocycles. The molecule has 2 heterocycles. The number of methoxy groups -OCH3 is 1. The van der Waals surface area contributed by atoms with Crippen molar-refractivity contribution in [2.24, 2.45) is 0 Å². The summed E-state index contributed by atoms with van der Waals surface area (Å²) in [6, 6.07) is 18.4. The number of hydrogen-bond donors (Lipinski definition) is 2. The fourth-order valence-electron chi connectivity index (χ4n) is 3.83. The van der Waals surface area contributed by atoms with Gasteiger partial charge < -0.3 is 25.2 Å². The molecule has 0 spiro atoms. The minimum atomic E-state index is -0.535. The van der Waals surface area contributed by atoms with Gasteiger partial charge in [0.05, 0.1) is 36.2 Å². The van der Waals surface area contributed by atoms with Crippen LogP contribution in [0.5, 0.6) is 0 Å². The zero-order chi connectivity index (χ0) is 25.8. The van der Waals surface area contributed by atoms with Crippen LogP contribution in [0, 0.1) is 0 Å². The summed E-state index contributed by atoms with van der Waals surface area (Å²) in [5, 5.41) is 6.16. The summed E-state index contributed by atoms with van der Waals surface area (Å²) >= 11 is 0. The van der Waals surface area contributed by atoms with Crippen molar-refractivity contribution in [1.29, 1.82) is 0 Å². The summed E-state index contributed by atoms with van der Waals surface area (Å²) in [7, 11) is 6.72. The maximum Gasteiger partial charge on any atom is 0.339 e. The smallest absolute Gasteiger partial charge is 0.339 e. The molecule has 0 atom stereocenters. The number of ether oxygens (including phenoxy) is 1. The van der Waals surface area contributed by atoms with Gasteiger partial charge in [0.1, 0.15) is 5.69 Å². The molecular formula is C27H27N5O4. The zero-order valence-electron chi connectivity index (χ0n) is 20.5. The molecule has 0 fully saturated rings. The van der Waals surface area contributed by atoms with Crippen molar-refractivity contribution in [1.82, 2.24) is 9.88 Å². The second-order valence-electron chi connectivity index (χ2n) is 8.54. The van der Waals surface area contributed by atoms with Crippen LogP contribution in [0.4, 0.5) is 17.1 Å². The number of nitrogens with one attached hydrogen (secondary N) is 2. The fraction of sp³-hybridized carbons (Fsp3) is 0.185. The molecule has 2 aromatic carbocycles. The number of amides is 2. The average Bonchev–Trinajstić information content (AvgIpc) is 3.21. The largest absolute Gasteiger partial charge is 0.465 e. The summed E-state index contributed by atoms with van der Waals surface area (Å²) in [6.07, 6.45) is 1.39. The molecule has 9 nitrogen and oxygen atoms in total. The molecule has 0 saturated carbocycles. The molecule has 2 N–H and O–H groups in total. The van der Waals surface area contributed by atoms with Gasteiger partial charge in [0, 0.05) is 24.6 Å². The first kappa shape index (κ1) is 24.6. The predicted molar refractivity (Wildman–Crippen MR) is 139 cm³/mol. The number of carbonyl (C=O) groups excluding carboxylic acids is 3. The number of benzene rings is 2. The van der Waals surface area contributed by atoms with Crippen LogP contribution >= 0.6 is 0 Å². The summed E-state index contributed by atoms with van der Waals surface area (Å²) in [6.45, 7) is 0.306. The highest BCUT2D eigenvalue weighted by Crippen LogP contribution is 2.36. The van der Waals surface area contributed by atoms with Gasteiger partial charge in [-0.2, -0.15) is 0 Å². The van der Waals surface area contributed by atoms with Crippen LogP contribution < -0.4 is 15.5 Å². The third kappa shape index (κ3) is 5.11. The van der Waals surface area contributed by atoms with E-state index >= 15 is 0 Å². The van der Waals surface area contributed by atoms with Crippen molar-refractivity contribution in [2.75, 3.05) is 50.3 Å². The van der Waals surface area contributed by atoms with Crippen molar-refractivity contribution in [3.63, 3.8) is 0 Å². The lowest BCUT2D eigenvalue weighted by molar-refractivity contribution is -0.119. The molecule has 9 heteroatoms. The number of nitrogens with zero attached hydrogens (tertiary/aromatic N) is 3. The maximum absolute atomic E-state index is 13.1. The van der Waals surface area contributed by atoms with E-state index in [1.54, 1.807) is 18.0 Å². The molecule has 1 aliphatic heterocycles. The lowest BCUT2D eigenvalue weighted by atomic mass is 10.0. The molecule has 0 bridgehead atoms. The van der Waals surface area contributed by atoms with Gasteiger partial charge in [-0.15, -0.1) is 0 Å². The molecular weight excluding hydrogens is 458 g/mol. The van der Waals surface area contributed by atoms with Crippen molar-refractivity contribution < 1.29 is 19.1 Å². The first-order valence-corrected chi connectivity index (χ1v) is 11.3. The molecule has 0 aliphatic carbocycles. The Morgan fingerprint density at radius 1 is 1.00 bits per heavy atom. The van der Waals surface area contributed by atoms with Gasteiger partial charge in [0.2, 0.25) is 5.91 Å². The SMILES string of the molecule is COC(=O)c1cnc2c(c1)NC(=O)/C2=C(/Nc1ccc(N(C)C(=O)CN(C)C)cc1)c1ccccc1. The number of anilines is 3. The van der Waals surface area contributed by atoms with Crippen molar-refractivity contribution in [2.45, 2.75) is 0 Å². The summed E-state index contributed by atoms with van der Waals surface area (Å²) < 4.78 is 4.76. The van der Waals surface area contributed by atoms with E-state index < -0.39 is 5.97 Å². The van der Waals surface area contributed by atoms with Crippen molar-refractivity contribution >= 4 is 46.1 Å². The first-order valence-electron chi connectivity index (χ1n) is 11.3. The first-order chi connectivity index (χ1) is 17.3. The van der Waals surface area contributed by atoms with Crippen LogP contribution in [0.3, 0.4) is 0 Å². The highest BCUT2D eigenvalue weighted by atomic mass is 16.5. The van der Waals surface area contributed by atoms with Crippen LogP contribution in [-0.2, 0) is 14.3 Å². The Kier molecular flexibility index (Phi) is 7.12. The van der Waals surface area contributed by atoms with E-state index in [2.05, 4.69) is 15.6 Å². The number of aromatic nitrogens is 1. The van der Waals surface area contributed by atoms with Crippen molar-refractivity contribution in [3.8, 4) is 0 Å². The number of pyridine rings is 1. The fourth-order valence-corrected chi connectivity index (χ4v) is 3.83. The summed E-state index contributed by atoms with van der Waals surface area (Å²) in [5.41, 5.74) is 4.31. The molecule has 36 heavy (non-hydrogen) atoms. The monoisotopic (exact) mass is 485 g/mol. The molecule has 4 rings (SSSR count). The van der Waals surface area contributed by atoms with E-state index in [1.807, 2.05) is 73.6 Å². The highest BCUT2D eigenvalue weighted by Gasteiger charge is 2.31. The number of carbonyl (C=O) groups is 3. The van der Waals surface area contributed by atoms with Crippen LogP contribution in [-0.4, -0.2) is 62.5 Å². The van der Waals surface area contributed by atoms with E-state index in [9.17, 15) is 14.4 Å². The quantitative estimate of drug-likeness (QED) is 0.391. The molecule has 184 valence electrons. The Bertz CT molecular complexity index is 1330. The van der Waals surface area contributed by atoms with Crippen LogP contribution in [0.25, 0.3) is 11.3 Å². The van der Waals surface area contributed by atoms with E-state index in [0.717, 1.165) is 16.9 Å². The topological polar surface area (TPSA) is 104 Å². The molecule has 3 aromatic rings. The third-order valence-corrected chi connectivity index (χ3v) is 5.68. The van der Waals surface area contributed by atoms with E-state index in [1.165, 1.54) is 13.3 Å². The van der Waals surface area contributed by atoms with Gasteiger partial charge in [-0.05, 0) is 50.0 Å². The van der Waals surface area contributed by atoms with Gasteiger partial charge in [0.25, 0.3) is 5.91 Å². The zero-order valence-corrected chi connectivity index (χ0v) is 20.5. The van der Waals surface area contributed by atoms with Gasteiger partial charge in [-0.1, -0.05) is 30.3 Å². The molecule has 0 radical (unpaired) electrons. The lowest BCUT2D eigenvalue weighted by Crippen LogP contribution is -2.34. The van der Waals surface area contributed by atoms with E-state index in [4.69, 9.17) is 4.74 Å². The van der Waals surface area contributed by atoms with Gasteiger partial charge >= 0.3 is 5.97 Å². The number of rotatable bonds is 7. The van der Waals surface area contributed by atoms with Crippen molar-refractivity contribution in [3.05, 3.63) is 83.7 Å². The molecule has 2 amide bonds. The highest BCUT2D eigenvalue weighted by molar-refractivity contribution is 6.37. The van der Waals surface area contributed by atoms with Gasteiger partial charge in [-0.3, -0.25) is 14.6 Å². The Balaban J connectivity index is 1.71. The number of likely N-dealkylation sites (N-methyl/N-ethyl adjacent to an activating group) is 2. The number of esters is 1. The number of hydrogen-bond acceptors (Lipinski definition) is 7. The average molecular weight is 486 g/mol. The predicted octanol–water partition coefficient (Wildman–Crippen LogP) is 3.33. The maximum atomic E-state index is 13.1. The molecule has 1 aliphatic rings. The number of fused-ring (bicyclic) bond motifs is 1. The summed E-state index contributed by atoms with van der Waals surface area (Å²) in [5.74, 6) is -0.895. The summed E-state index contributed by atoms with van der Waals surface area (Å²) in [4.78, 5) is 45.2. The van der Waals surface area contributed by atoms with E-state index in [0.29, 0.717) is 29.2 Å². The minimum Gasteiger partial charge on any atom is -0.465 e. The standard InChI is InChI=1S/C27H27N5O4/c1-31(2)16-22(33)32(3)20-12-10-19(11-13-20)29-24(17-8-6-5-7-9-17)23-25-21(30-26(23)34)14-18(15-28-25)27(35)36-4/h5-15,29H,16H2,1-4H3,(H,30,34)/b24-23+. The third-order valence-electron chi connectivity index (χ3n) is 5.68. The molecule has 0 saturated heterocycles. The van der Waals surface area contributed by atoms with Gasteiger partial charge in [-0.25, -0.2) is 4.79 Å². The second-order valence-corrected chi connectivity index (χ2v) is 8.54. The van der Waals surface area contributed by atoms with Crippen LogP contribution in [0.2, 0.25) is 0 Å². The Labute approximate surface area is 209 Å². The minimum absolute atomic E-state index is 0.0237. The lowest BCUT2D eigenvalue weighted by Gasteiger charge is -2.20. The van der Waals surface area contributed by atoms with Crippen LogP contribution in [0.15, 0.2) is 66.9 Å².